The Morgan fingerprint density at radius 3 is 2.73 bits per heavy atom. The lowest BCUT2D eigenvalue weighted by molar-refractivity contribution is -0.113. The molecule has 1 aliphatic rings. The number of benzene rings is 1. The van der Waals surface area contributed by atoms with Gasteiger partial charge in [-0.2, -0.15) is 0 Å². The SMILES string of the molecule is Cc1ccccc1-c1ccc([C@@H](O)CCC2=NC(=O)C=C2)o1. The van der Waals surface area contributed by atoms with E-state index in [1.54, 1.807) is 12.1 Å². The van der Waals surface area contributed by atoms with Crippen LogP contribution >= 0.6 is 0 Å². The van der Waals surface area contributed by atoms with Gasteiger partial charge in [0, 0.05) is 17.4 Å². The molecule has 0 fully saturated rings. The zero-order valence-corrected chi connectivity index (χ0v) is 12.3. The standard InChI is InChI=1S/C18H17NO3/c1-12-4-2-3-5-14(12)16-9-10-17(22-16)15(20)8-6-13-7-11-18(21)19-13/h2-5,7,9-11,15,20H,6,8H2,1H3/t15-/m0/s1. The number of hydrogen-bond donors (Lipinski definition) is 1. The smallest absolute Gasteiger partial charge is 0.269 e. The quantitative estimate of drug-likeness (QED) is 0.916. The van der Waals surface area contributed by atoms with Gasteiger partial charge in [0.05, 0.1) is 0 Å². The summed E-state index contributed by atoms with van der Waals surface area (Å²) in [6.07, 6.45) is 3.44. The van der Waals surface area contributed by atoms with Crippen molar-refractivity contribution in [3.05, 3.63) is 59.9 Å². The van der Waals surface area contributed by atoms with E-state index in [1.807, 2.05) is 37.3 Å². The molecule has 0 aliphatic carbocycles. The molecule has 0 bridgehead atoms. The number of aryl methyl sites for hydroxylation is 1. The topological polar surface area (TPSA) is 62.8 Å². The number of aliphatic imine (C=N–C) groups is 1. The molecule has 1 N–H and O–H groups in total. The molecule has 0 radical (unpaired) electrons. The molecule has 1 aliphatic heterocycles. The van der Waals surface area contributed by atoms with Gasteiger partial charge in [-0.05, 0) is 43.5 Å². The Kier molecular flexibility index (Phi) is 4.02. The van der Waals surface area contributed by atoms with Gasteiger partial charge in [-0.15, -0.1) is 0 Å². The molecule has 1 amide bonds. The maximum absolute atomic E-state index is 11.0. The molecule has 4 nitrogen and oxygen atoms in total. The van der Waals surface area contributed by atoms with E-state index in [2.05, 4.69) is 4.99 Å². The molecule has 4 heteroatoms. The van der Waals surface area contributed by atoms with Crippen LogP contribution in [0.25, 0.3) is 11.3 Å². The summed E-state index contributed by atoms with van der Waals surface area (Å²) in [5, 5.41) is 10.2. The monoisotopic (exact) mass is 295 g/mol. The van der Waals surface area contributed by atoms with E-state index in [4.69, 9.17) is 4.42 Å². The van der Waals surface area contributed by atoms with E-state index in [0.717, 1.165) is 16.9 Å². The van der Waals surface area contributed by atoms with Crippen LogP contribution in [-0.4, -0.2) is 16.7 Å². The van der Waals surface area contributed by atoms with Gasteiger partial charge < -0.3 is 9.52 Å². The zero-order valence-electron chi connectivity index (χ0n) is 12.3. The Morgan fingerprint density at radius 1 is 1.18 bits per heavy atom. The summed E-state index contributed by atoms with van der Waals surface area (Å²) in [5.41, 5.74) is 2.85. The molecular formula is C18H17NO3. The summed E-state index contributed by atoms with van der Waals surface area (Å²) < 4.78 is 5.77. The number of rotatable bonds is 5. The van der Waals surface area contributed by atoms with Crippen LogP contribution < -0.4 is 0 Å². The second-order valence-corrected chi connectivity index (χ2v) is 5.35. The summed E-state index contributed by atoms with van der Waals surface area (Å²) in [5.74, 6) is 1.05. The summed E-state index contributed by atoms with van der Waals surface area (Å²) in [7, 11) is 0. The van der Waals surface area contributed by atoms with Gasteiger partial charge in [-0.3, -0.25) is 4.79 Å². The number of aliphatic hydroxyl groups excluding tert-OH is 1. The van der Waals surface area contributed by atoms with Crippen LogP contribution in [0.5, 0.6) is 0 Å². The largest absolute Gasteiger partial charge is 0.458 e. The van der Waals surface area contributed by atoms with E-state index in [0.29, 0.717) is 24.3 Å². The van der Waals surface area contributed by atoms with E-state index in [1.165, 1.54) is 6.08 Å². The number of carbonyl (C=O) groups excluding carboxylic acids is 1. The van der Waals surface area contributed by atoms with Crippen molar-refractivity contribution in [1.82, 2.24) is 0 Å². The first-order valence-electron chi connectivity index (χ1n) is 7.27. The number of aliphatic hydroxyl groups is 1. The molecular weight excluding hydrogens is 278 g/mol. The Labute approximate surface area is 128 Å². The number of furan rings is 1. The van der Waals surface area contributed by atoms with Crippen LogP contribution in [0.15, 0.2) is 58.0 Å². The Balaban J connectivity index is 1.68. The fourth-order valence-corrected chi connectivity index (χ4v) is 2.48. The van der Waals surface area contributed by atoms with Crippen molar-refractivity contribution in [2.24, 2.45) is 4.99 Å². The maximum atomic E-state index is 11.0. The third kappa shape index (κ3) is 3.07. The second-order valence-electron chi connectivity index (χ2n) is 5.35. The molecule has 0 saturated carbocycles. The van der Waals surface area contributed by atoms with Gasteiger partial charge in [0.1, 0.15) is 17.6 Å². The lowest BCUT2D eigenvalue weighted by atomic mass is 10.1. The summed E-state index contributed by atoms with van der Waals surface area (Å²) in [4.78, 5) is 14.8. The number of nitrogens with zero attached hydrogens (tertiary/aromatic N) is 1. The Morgan fingerprint density at radius 2 is 2.00 bits per heavy atom. The van der Waals surface area contributed by atoms with Gasteiger partial charge in [0.25, 0.3) is 5.91 Å². The van der Waals surface area contributed by atoms with E-state index in [-0.39, 0.29) is 5.91 Å². The summed E-state index contributed by atoms with van der Waals surface area (Å²) in [6, 6.07) is 11.6. The van der Waals surface area contributed by atoms with Crippen LogP contribution in [0.2, 0.25) is 0 Å². The van der Waals surface area contributed by atoms with E-state index < -0.39 is 6.10 Å². The molecule has 22 heavy (non-hydrogen) atoms. The molecule has 1 aromatic heterocycles. The minimum atomic E-state index is -0.704. The zero-order chi connectivity index (χ0) is 15.5. The average Bonchev–Trinajstić information content (AvgIpc) is 3.14. The molecule has 0 saturated heterocycles. The van der Waals surface area contributed by atoms with Gasteiger partial charge in [-0.25, -0.2) is 4.99 Å². The predicted molar refractivity (Wildman–Crippen MR) is 84.7 cm³/mol. The van der Waals surface area contributed by atoms with Crippen molar-refractivity contribution in [2.75, 3.05) is 0 Å². The molecule has 0 spiro atoms. The number of carbonyl (C=O) groups is 1. The first kappa shape index (κ1) is 14.5. The fraction of sp³-hybridized carbons (Fsp3) is 0.222. The minimum Gasteiger partial charge on any atom is -0.458 e. The van der Waals surface area contributed by atoms with Crippen molar-refractivity contribution in [1.29, 1.82) is 0 Å². The Hall–Kier alpha value is -2.46. The highest BCUT2D eigenvalue weighted by Gasteiger charge is 2.16. The lowest BCUT2D eigenvalue weighted by Crippen LogP contribution is -2.00. The van der Waals surface area contributed by atoms with Crippen molar-refractivity contribution in [3.8, 4) is 11.3 Å². The number of hydrogen-bond acceptors (Lipinski definition) is 3. The summed E-state index contributed by atoms with van der Waals surface area (Å²) in [6.45, 7) is 2.02. The van der Waals surface area contributed by atoms with Gasteiger partial charge in [0.15, 0.2) is 0 Å². The molecule has 0 unspecified atom stereocenters. The highest BCUT2D eigenvalue weighted by atomic mass is 16.4. The van der Waals surface area contributed by atoms with Crippen LogP contribution in [-0.2, 0) is 4.79 Å². The van der Waals surface area contributed by atoms with Crippen LogP contribution in [0.3, 0.4) is 0 Å². The molecule has 1 atom stereocenters. The predicted octanol–water partition coefficient (Wildman–Crippen LogP) is 3.61. The molecule has 3 rings (SSSR count). The van der Waals surface area contributed by atoms with Crippen LogP contribution in [0.4, 0.5) is 0 Å². The molecule has 112 valence electrons. The van der Waals surface area contributed by atoms with Crippen LogP contribution in [0, 0.1) is 6.92 Å². The van der Waals surface area contributed by atoms with Crippen molar-refractivity contribution in [3.63, 3.8) is 0 Å². The molecule has 1 aromatic carbocycles. The van der Waals surface area contributed by atoms with Crippen LogP contribution in [0.1, 0.15) is 30.3 Å². The number of amides is 1. The second kappa shape index (κ2) is 6.12. The maximum Gasteiger partial charge on any atom is 0.269 e. The molecule has 2 aromatic rings. The fourth-order valence-electron chi connectivity index (χ4n) is 2.48. The third-order valence-corrected chi connectivity index (χ3v) is 3.71. The van der Waals surface area contributed by atoms with Crippen molar-refractivity contribution in [2.45, 2.75) is 25.9 Å². The normalized spacial score (nSPS) is 15.2. The van der Waals surface area contributed by atoms with Gasteiger partial charge >= 0.3 is 0 Å². The van der Waals surface area contributed by atoms with E-state index >= 15 is 0 Å². The third-order valence-electron chi connectivity index (χ3n) is 3.71. The first-order chi connectivity index (χ1) is 10.6. The average molecular weight is 295 g/mol. The van der Waals surface area contributed by atoms with E-state index in [9.17, 15) is 9.90 Å². The summed E-state index contributed by atoms with van der Waals surface area (Å²) >= 11 is 0. The van der Waals surface area contributed by atoms with Crippen molar-refractivity contribution >= 4 is 11.6 Å². The van der Waals surface area contributed by atoms with Gasteiger partial charge in [-0.1, -0.05) is 24.3 Å². The van der Waals surface area contributed by atoms with Crippen molar-refractivity contribution < 1.29 is 14.3 Å². The first-order valence-corrected chi connectivity index (χ1v) is 7.27. The lowest BCUT2D eigenvalue weighted by Gasteiger charge is -2.07. The minimum absolute atomic E-state index is 0.232. The molecule has 2 heterocycles. The van der Waals surface area contributed by atoms with Gasteiger partial charge in [0.2, 0.25) is 0 Å². The Bertz CT molecular complexity index is 755. The highest BCUT2D eigenvalue weighted by Crippen LogP contribution is 2.29. The number of allylic oxidation sites excluding steroid dienone is 1. The highest BCUT2D eigenvalue weighted by molar-refractivity contribution is 6.13.